The molecule has 2 heterocycles. The van der Waals surface area contributed by atoms with Crippen molar-refractivity contribution < 1.29 is 44.6 Å². The molecule has 0 aromatic rings. The van der Waals surface area contributed by atoms with E-state index in [1.807, 2.05) is 20.8 Å². The highest BCUT2D eigenvalue weighted by Gasteiger charge is 2.53. The van der Waals surface area contributed by atoms with Gasteiger partial charge in [0.1, 0.15) is 17.8 Å². The van der Waals surface area contributed by atoms with E-state index in [2.05, 4.69) is 11.7 Å². The second-order valence-electron chi connectivity index (χ2n) is 13.3. The molecule has 2 aliphatic rings. The van der Waals surface area contributed by atoms with E-state index in [0.717, 1.165) is 0 Å². The van der Waals surface area contributed by atoms with Gasteiger partial charge in [-0.15, -0.1) is 6.58 Å². The van der Waals surface area contributed by atoms with Crippen LogP contribution in [0.25, 0.3) is 0 Å². The lowest BCUT2D eigenvalue weighted by molar-refractivity contribution is -0.236. The zero-order valence-corrected chi connectivity index (χ0v) is 26.6. The Morgan fingerprint density at radius 1 is 1.05 bits per heavy atom. The molecule has 2 rings (SSSR count). The maximum absolute atomic E-state index is 13.8. The number of oxime groups is 1. The number of methoxy groups -OCH3 is 1. The molecule has 14 atom stereocenters. The van der Waals surface area contributed by atoms with Crippen LogP contribution in [0.15, 0.2) is 17.8 Å². The first-order chi connectivity index (χ1) is 18.8. The summed E-state index contributed by atoms with van der Waals surface area (Å²) in [5.41, 5.74) is -3.98. The molecular weight excluding hydrogens is 530 g/mol. The van der Waals surface area contributed by atoms with E-state index in [0.29, 0.717) is 6.42 Å². The number of ether oxygens (including phenoxy) is 3. The summed E-state index contributed by atoms with van der Waals surface area (Å²) in [5, 5.41) is 59.0. The molecule has 5 N–H and O–H groups in total. The summed E-state index contributed by atoms with van der Waals surface area (Å²) in [6, 6.07) is 0. The highest BCUT2D eigenvalue weighted by atomic mass is 16.6. The molecule has 0 radical (unpaired) electrons. The van der Waals surface area contributed by atoms with Crippen LogP contribution in [0.1, 0.15) is 81.6 Å². The normalized spacial score (nSPS) is 50.1. The molecule has 41 heavy (non-hydrogen) atoms. The molecule has 2 saturated heterocycles. The van der Waals surface area contributed by atoms with Crippen LogP contribution >= 0.6 is 0 Å². The van der Waals surface area contributed by atoms with Gasteiger partial charge in [-0.1, -0.05) is 45.9 Å². The topological polar surface area (TPSA) is 158 Å². The number of aliphatic hydroxyl groups is 4. The number of esters is 1. The van der Waals surface area contributed by atoms with Crippen molar-refractivity contribution in [1.82, 2.24) is 0 Å². The molecule has 0 saturated carbocycles. The van der Waals surface area contributed by atoms with Gasteiger partial charge in [0.2, 0.25) is 0 Å². The lowest BCUT2D eigenvalue weighted by atomic mass is 9.65. The van der Waals surface area contributed by atoms with E-state index in [1.54, 1.807) is 40.7 Å². The van der Waals surface area contributed by atoms with Crippen LogP contribution in [0.5, 0.6) is 0 Å². The third-order valence-electron chi connectivity index (χ3n) is 10.5. The molecule has 1 unspecified atom stereocenters. The van der Waals surface area contributed by atoms with Crippen molar-refractivity contribution in [2.75, 3.05) is 7.11 Å². The fourth-order valence-corrected chi connectivity index (χ4v) is 7.18. The number of rotatable bonds is 4. The summed E-state index contributed by atoms with van der Waals surface area (Å²) in [7, 11) is 1.54. The van der Waals surface area contributed by atoms with Gasteiger partial charge in [0.05, 0.1) is 41.1 Å². The average Bonchev–Trinajstić information content (AvgIpc) is 2.92. The minimum Gasteiger partial charge on any atom is -0.459 e. The fraction of sp³-hybridized carbons (Fsp3) is 0.871. The Kier molecular flexibility index (Phi) is 11.6. The Morgan fingerprint density at radius 3 is 2.12 bits per heavy atom. The van der Waals surface area contributed by atoms with Gasteiger partial charge in [0.25, 0.3) is 0 Å². The fourth-order valence-electron chi connectivity index (χ4n) is 7.18. The van der Waals surface area contributed by atoms with Crippen LogP contribution in [0.3, 0.4) is 0 Å². The highest BCUT2D eigenvalue weighted by molar-refractivity contribution is 5.90. The number of allylic oxidation sites excluding steroid dienone is 1. The summed E-state index contributed by atoms with van der Waals surface area (Å²) < 4.78 is 18.0. The third kappa shape index (κ3) is 6.99. The third-order valence-corrected chi connectivity index (χ3v) is 10.5. The zero-order chi connectivity index (χ0) is 31.7. The summed E-state index contributed by atoms with van der Waals surface area (Å²) in [4.78, 5) is 13.8. The van der Waals surface area contributed by atoms with Crippen molar-refractivity contribution in [2.24, 2.45) is 40.7 Å². The Balaban J connectivity index is 2.71. The van der Waals surface area contributed by atoms with Crippen LogP contribution in [-0.4, -0.2) is 91.7 Å². The molecule has 0 aliphatic carbocycles. The van der Waals surface area contributed by atoms with Gasteiger partial charge in [-0.2, -0.15) is 0 Å². The molecular formula is C31H55NO9. The molecule has 0 aromatic carbocycles. The van der Waals surface area contributed by atoms with E-state index in [9.17, 15) is 30.4 Å². The molecule has 0 amide bonds. The Hall–Kier alpha value is -1.56. The molecule has 238 valence electrons. The first-order valence-corrected chi connectivity index (χ1v) is 14.9. The smallest absolute Gasteiger partial charge is 0.309 e. The highest BCUT2D eigenvalue weighted by Crippen LogP contribution is 2.45. The standard InChI is InChI=1S/C31H55NO9/c1-12-21-14-29(8,36)19(6)16(3)24(22-15-30(9,39-11)27(34)20(7)40-22)17(4)28(35)41-23(13-2)31(10,37)26(33)18(5)25(21)32-38/h12,16-24,26-27,33-34,36-38H,1,13-15H2,2-11H3/b32-25-/t16-,17-,18+,19-,20+,21-,22-,23-,24?,26-,27+,29-,30-,31-/m1/s1. The predicted octanol–water partition coefficient (Wildman–Crippen LogP) is 3.31. The lowest BCUT2D eigenvalue weighted by Gasteiger charge is -2.50. The van der Waals surface area contributed by atoms with Crippen molar-refractivity contribution in [3.05, 3.63) is 12.7 Å². The summed E-state index contributed by atoms with van der Waals surface area (Å²) in [6.07, 6.45) is -2.29. The molecule has 2 fully saturated rings. The van der Waals surface area contributed by atoms with Crippen molar-refractivity contribution in [2.45, 2.75) is 129 Å². The van der Waals surface area contributed by atoms with E-state index >= 15 is 0 Å². The second-order valence-corrected chi connectivity index (χ2v) is 13.3. The minimum atomic E-state index is -1.89. The average molecular weight is 586 g/mol. The molecule has 2 aliphatic heterocycles. The van der Waals surface area contributed by atoms with Crippen molar-refractivity contribution in [1.29, 1.82) is 0 Å². The van der Waals surface area contributed by atoms with Gasteiger partial charge < -0.3 is 39.8 Å². The summed E-state index contributed by atoms with van der Waals surface area (Å²) >= 11 is 0. The number of carbonyl (C=O) groups excluding carboxylic acids is 1. The van der Waals surface area contributed by atoms with E-state index in [1.165, 1.54) is 14.0 Å². The summed E-state index contributed by atoms with van der Waals surface area (Å²) in [5.74, 6) is -3.94. The summed E-state index contributed by atoms with van der Waals surface area (Å²) in [6.45, 7) is 19.6. The van der Waals surface area contributed by atoms with Gasteiger partial charge in [0, 0.05) is 31.3 Å². The number of hydrogen-bond donors (Lipinski definition) is 5. The quantitative estimate of drug-likeness (QED) is 0.144. The molecule has 0 spiro atoms. The number of nitrogens with zero attached hydrogens (tertiary/aromatic N) is 1. The van der Waals surface area contributed by atoms with Crippen molar-refractivity contribution in [3.63, 3.8) is 0 Å². The molecule has 10 nitrogen and oxygen atoms in total. The number of carbonyl (C=O) groups is 1. The van der Waals surface area contributed by atoms with Gasteiger partial charge in [-0.25, -0.2) is 0 Å². The number of hydrogen-bond acceptors (Lipinski definition) is 10. The van der Waals surface area contributed by atoms with Gasteiger partial charge >= 0.3 is 5.97 Å². The Bertz CT molecular complexity index is 937. The van der Waals surface area contributed by atoms with Crippen molar-refractivity contribution in [3.8, 4) is 0 Å². The minimum absolute atomic E-state index is 0.125. The van der Waals surface area contributed by atoms with Crippen molar-refractivity contribution >= 4 is 11.7 Å². The Labute approximate surface area is 245 Å². The van der Waals surface area contributed by atoms with Crippen LogP contribution in [0.2, 0.25) is 0 Å². The largest absolute Gasteiger partial charge is 0.459 e. The van der Waals surface area contributed by atoms with E-state index in [-0.39, 0.29) is 24.5 Å². The lowest BCUT2D eigenvalue weighted by Crippen LogP contribution is -2.60. The first kappa shape index (κ1) is 35.6. The number of aliphatic hydroxyl groups excluding tert-OH is 2. The van der Waals surface area contributed by atoms with E-state index in [4.69, 9.17) is 14.2 Å². The molecule has 0 bridgehead atoms. The number of cyclic esters (lactones) is 1. The van der Waals surface area contributed by atoms with Crippen LogP contribution < -0.4 is 0 Å². The maximum Gasteiger partial charge on any atom is 0.309 e. The van der Waals surface area contributed by atoms with Gasteiger partial charge in [0.15, 0.2) is 0 Å². The van der Waals surface area contributed by atoms with Gasteiger partial charge in [-0.05, 0) is 52.4 Å². The van der Waals surface area contributed by atoms with Crippen LogP contribution in [0, 0.1) is 35.5 Å². The maximum atomic E-state index is 13.8. The zero-order valence-electron chi connectivity index (χ0n) is 26.6. The Morgan fingerprint density at radius 2 is 1.63 bits per heavy atom. The van der Waals surface area contributed by atoms with E-state index < -0.39 is 82.9 Å². The first-order valence-electron chi connectivity index (χ1n) is 14.9. The monoisotopic (exact) mass is 585 g/mol. The molecule has 10 heteroatoms. The second kappa shape index (κ2) is 13.4. The van der Waals surface area contributed by atoms with Crippen LogP contribution in [0.4, 0.5) is 0 Å². The van der Waals surface area contributed by atoms with Gasteiger partial charge in [-0.3, -0.25) is 4.79 Å². The van der Waals surface area contributed by atoms with Crippen LogP contribution in [-0.2, 0) is 19.0 Å². The molecule has 0 aromatic heterocycles. The SMILES string of the molecule is C=C[C@@H]1C[C@@](C)(O)[C@H](C)[C@@H](C)C([C@H]2C[C@@](C)(OC)[C@@H](O)[C@H](C)O2)[C@@H](C)C(=O)O[C@H](CC)[C@@](C)(O)[C@H](O)[C@@H](C)/C1=N/O. The predicted molar refractivity (Wildman–Crippen MR) is 155 cm³/mol.